The highest BCUT2D eigenvalue weighted by Crippen LogP contribution is 2.26. The smallest absolute Gasteiger partial charge is 0.263 e. The normalized spacial score (nSPS) is 18.6. The number of hydrogen-bond acceptors (Lipinski definition) is 5. The molecule has 1 N–H and O–H groups in total. The van der Waals surface area contributed by atoms with E-state index in [9.17, 15) is 8.42 Å². The van der Waals surface area contributed by atoms with E-state index in [1.807, 2.05) is 0 Å². The second-order valence-corrected chi connectivity index (χ2v) is 7.57. The quantitative estimate of drug-likeness (QED) is 0.825. The third-order valence-corrected chi connectivity index (χ3v) is 6.37. The average molecular weight is 366 g/mol. The first kappa shape index (κ1) is 15.9. The van der Waals surface area contributed by atoms with Crippen LogP contribution in [-0.2, 0) is 17.1 Å². The summed E-state index contributed by atoms with van der Waals surface area (Å²) in [5.41, 5.74) is 0. The van der Waals surface area contributed by atoms with Gasteiger partial charge in [-0.2, -0.15) is 4.31 Å². The van der Waals surface area contributed by atoms with Crippen molar-refractivity contribution >= 4 is 26.0 Å². The van der Waals surface area contributed by atoms with E-state index in [0.717, 1.165) is 25.9 Å². The van der Waals surface area contributed by atoms with Gasteiger partial charge in [-0.3, -0.25) is 0 Å². The topological polar surface area (TPSA) is 80.1 Å². The Kier molecular flexibility index (Phi) is 5.16. The lowest BCUT2D eigenvalue weighted by Crippen LogP contribution is -2.41. The summed E-state index contributed by atoms with van der Waals surface area (Å²) < 4.78 is 28.3. The van der Waals surface area contributed by atoms with Gasteiger partial charge in [0.2, 0.25) is 5.03 Å². The molecule has 0 unspecified atom stereocenters. The Morgan fingerprint density at radius 1 is 1.40 bits per heavy atom. The number of hydrogen-bond donors (Lipinski definition) is 1. The van der Waals surface area contributed by atoms with E-state index in [0.29, 0.717) is 19.0 Å². The van der Waals surface area contributed by atoms with Gasteiger partial charge in [-0.15, -0.1) is 5.10 Å². The van der Waals surface area contributed by atoms with E-state index in [2.05, 4.69) is 38.5 Å². The van der Waals surface area contributed by atoms with E-state index in [1.54, 1.807) is 7.05 Å². The van der Waals surface area contributed by atoms with Crippen LogP contribution in [0.5, 0.6) is 0 Å². The maximum Gasteiger partial charge on any atom is 0.263 e. The molecule has 1 aliphatic rings. The van der Waals surface area contributed by atoms with Gasteiger partial charge in [-0.05, 0) is 47.8 Å². The SMILES string of the molecule is CCNCC1CCN(S(=O)(=O)c2c(Br)nnn2C)CC1. The van der Waals surface area contributed by atoms with Crippen LogP contribution in [0, 0.1) is 5.92 Å². The van der Waals surface area contributed by atoms with Gasteiger partial charge < -0.3 is 5.32 Å². The molecule has 0 spiro atoms. The van der Waals surface area contributed by atoms with E-state index < -0.39 is 10.0 Å². The summed E-state index contributed by atoms with van der Waals surface area (Å²) in [4.78, 5) is 0. The van der Waals surface area contributed by atoms with Crippen molar-refractivity contribution in [2.45, 2.75) is 24.8 Å². The number of nitrogens with one attached hydrogen (secondary N) is 1. The highest BCUT2D eigenvalue weighted by Gasteiger charge is 2.33. The molecule has 9 heteroatoms. The average Bonchev–Trinajstić information content (AvgIpc) is 2.77. The summed E-state index contributed by atoms with van der Waals surface area (Å²) in [6.45, 7) is 5.09. The molecule has 1 aromatic rings. The Bertz CT molecular complexity index is 532. The predicted octanol–water partition coefficient (Wildman–Crippen LogP) is 0.588. The van der Waals surface area contributed by atoms with Crippen LogP contribution < -0.4 is 5.32 Å². The lowest BCUT2D eigenvalue weighted by atomic mass is 9.98. The van der Waals surface area contributed by atoms with E-state index >= 15 is 0 Å². The highest BCUT2D eigenvalue weighted by atomic mass is 79.9. The number of sulfonamides is 1. The molecule has 0 aromatic carbocycles. The van der Waals surface area contributed by atoms with E-state index in [4.69, 9.17) is 0 Å². The van der Waals surface area contributed by atoms with Gasteiger partial charge in [0.05, 0.1) is 0 Å². The molecule has 2 heterocycles. The molecule has 0 aliphatic carbocycles. The standard InChI is InChI=1S/C11H20BrN5O2S/c1-3-13-8-9-4-6-17(7-5-9)20(18,19)11-10(12)14-15-16(11)2/h9,13H,3-8H2,1-2H3. The molecular weight excluding hydrogens is 346 g/mol. The Morgan fingerprint density at radius 3 is 2.55 bits per heavy atom. The van der Waals surface area contributed by atoms with E-state index in [1.165, 1.54) is 8.99 Å². The molecule has 2 rings (SSSR count). The van der Waals surface area contributed by atoms with Crippen LogP contribution in [0.1, 0.15) is 19.8 Å². The number of nitrogens with zero attached hydrogens (tertiary/aromatic N) is 4. The Labute approximate surface area is 127 Å². The Hall–Kier alpha value is -0.510. The maximum absolute atomic E-state index is 12.6. The zero-order valence-electron chi connectivity index (χ0n) is 11.7. The first-order valence-electron chi connectivity index (χ1n) is 6.72. The highest BCUT2D eigenvalue weighted by molar-refractivity contribution is 9.10. The number of halogens is 1. The van der Waals surface area contributed by atoms with Crippen LogP contribution >= 0.6 is 15.9 Å². The lowest BCUT2D eigenvalue weighted by Gasteiger charge is -2.31. The third kappa shape index (κ3) is 3.21. The zero-order valence-corrected chi connectivity index (χ0v) is 14.1. The van der Waals surface area contributed by atoms with Gasteiger partial charge in [0.1, 0.15) is 0 Å². The lowest BCUT2D eigenvalue weighted by molar-refractivity contribution is 0.267. The fourth-order valence-corrected chi connectivity index (χ4v) is 4.92. The molecule has 20 heavy (non-hydrogen) atoms. The Morgan fingerprint density at radius 2 is 2.05 bits per heavy atom. The van der Waals surface area contributed by atoms with Crippen molar-refractivity contribution in [3.8, 4) is 0 Å². The fourth-order valence-electron chi connectivity index (χ4n) is 2.42. The number of rotatable bonds is 5. The van der Waals surface area contributed by atoms with Gasteiger partial charge in [-0.1, -0.05) is 12.1 Å². The molecule has 0 radical (unpaired) electrons. The summed E-state index contributed by atoms with van der Waals surface area (Å²) in [5.74, 6) is 0.550. The molecule has 1 fully saturated rings. The van der Waals surface area contributed by atoms with Crippen molar-refractivity contribution in [2.75, 3.05) is 26.2 Å². The van der Waals surface area contributed by atoms with Crippen LogP contribution in [0.25, 0.3) is 0 Å². The molecule has 0 bridgehead atoms. The minimum absolute atomic E-state index is 0.127. The first-order chi connectivity index (χ1) is 9.46. The molecule has 7 nitrogen and oxygen atoms in total. The van der Waals surface area contributed by atoms with Gasteiger partial charge in [0.15, 0.2) is 4.60 Å². The van der Waals surface area contributed by atoms with Crippen molar-refractivity contribution in [3.63, 3.8) is 0 Å². The minimum atomic E-state index is -3.52. The van der Waals surface area contributed by atoms with Crippen LogP contribution in [0.4, 0.5) is 0 Å². The minimum Gasteiger partial charge on any atom is -0.317 e. The van der Waals surface area contributed by atoms with Crippen molar-refractivity contribution in [2.24, 2.45) is 13.0 Å². The van der Waals surface area contributed by atoms with Crippen molar-refractivity contribution in [1.82, 2.24) is 24.6 Å². The molecule has 1 saturated heterocycles. The van der Waals surface area contributed by atoms with Gasteiger partial charge in [0, 0.05) is 20.1 Å². The van der Waals surface area contributed by atoms with Crippen LogP contribution in [0.15, 0.2) is 9.63 Å². The van der Waals surface area contributed by atoms with Crippen LogP contribution in [-0.4, -0.2) is 53.9 Å². The molecule has 1 aromatic heterocycles. The van der Waals surface area contributed by atoms with Crippen LogP contribution in [0.3, 0.4) is 0 Å². The van der Waals surface area contributed by atoms with Gasteiger partial charge >= 0.3 is 0 Å². The molecule has 0 atom stereocenters. The number of aryl methyl sites for hydroxylation is 1. The largest absolute Gasteiger partial charge is 0.317 e. The summed E-state index contributed by atoms with van der Waals surface area (Å²) >= 11 is 3.16. The van der Waals surface area contributed by atoms with Crippen molar-refractivity contribution in [3.05, 3.63) is 4.60 Å². The van der Waals surface area contributed by atoms with E-state index in [-0.39, 0.29) is 9.63 Å². The Balaban J connectivity index is 2.06. The van der Waals surface area contributed by atoms with Crippen LogP contribution in [0.2, 0.25) is 0 Å². The number of aromatic nitrogens is 3. The van der Waals surface area contributed by atoms with Gasteiger partial charge in [-0.25, -0.2) is 13.1 Å². The van der Waals surface area contributed by atoms with Crippen molar-refractivity contribution in [1.29, 1.82) is 0 Å². The summed E-state index contributed by atoms with van der Waals surface area (Å²) in [6, 6.07) is 0. The fraction of sp³-hybridized carbons (Fsp3) is 0.818. The van der Waals surface area contributed by atoms with Crippen molar-refractivity contribution < 1.29 is 8.42 Å². The second kappa shape index (κ2) is 6.50. The maximum atomic E-state index is 12.6. The zero-order chi connectivity index (χ0) is 14.8. The molecule has 0 saturated carbocycles. The molecule has 114 valence electrons. The second-order valence-electron chi connectivity index (χ2n) is 4.96. The third-order valence-electron chi connectivity index (χ3n) is 3.58. The first-order valence-corrected chi connectivity index (χ1v) is 8.96. The molecular formula is C11H20BrN5O2S. The monoisotopic (exact) mass is 365 g/mol. The predicted molar refractivity (Wildman–Crippen MR) is 78.7 cm³/mol. The number of piperidine rings is 1. The van der Waals surface area contributed by atoms with Gasteiger partial charge in [0.25, 0.3) is 10.0 Å². The summed E-state index contributed by atoms with van der Waals surface area (Å²) in [7, 11) is -1.93. The summed E-state index contributed by atoms with van der Waals surface area (Å²) in [5, 5.41) is 10.9. The molecule has 0 amide bonds. The summed E-state index contributed by atoms with van der Waals surface area (Å²) in [6.07, 6.45) is 1.77. The molecule has 1 aliphatic heterocycles.